The highest BCUT2D eigenvalue weighted by Gasteiger charge is 2.10. The lowest BCUT2D eigenvalue weighted by molar-refractivity contribution is 0.555. The maximum Gasteiger partial charge on any atom is 0.242 e. The van der Waals surface area contributed by atoms with Crippen molar-refractivity contribution in [3.63, 3.8) is 0 Å². The van der Waals surface area contributed by atoms with Crippen molar-refractivity contribution in [2.45, 2.75) is 0 Å². The van der Waals surface area contributed by atoms with Crippen LogP contribution in [-0.4, -0.2) is 14.8 Å². The van der Waals surface area contributed by atoms with Gasteiger partial charge in [-0.15, -0.1) is 5.10 Å². The molecule has 0 radical (unpaired) electrons. The fourth-order valence-electron chi connectivity index (χ4n) is 1.23. The summed E-state index contributed by atoms with van der Waals surface area (Å²) in [5, 5.41) is 3.59. The van der Waals surface area contributed by atoms with Crippen molar-refractivity contribution in [1.29, 1.82) is 0 Å². The van der Waals surface area contributed by atoms with Gasteiger partial charge in [0.05, 0.1) is 11.3 Å². The Morgan fingerprint density at radius 3 is 2.79 bits per heavy atom. The fourth-order valence-corrected chi connectivity index (χ4v) is 1.23. The molecule has 0 amide bonds. The van der Waals surface area contributed by atoms with Crippen LogP contribution in [0.2, 0.25) is 0 Å². The van der Waals surface area contributed by atoms with E-state index < -0.39 is 5.95 Å². The third kappa shape index (κ3) is 1.44. The minimum Gasteiger partial charge on any atom is -0.384 e. The van der Waals surface area contributed by atoms with Gasteiger partial charge < -0.3 is 5.73 Å². The van der Waals surface area contributed by atoms with Gasteiger partial charge >= 0.3 is 0 Å². The molecule has 0 aliphatic rings. The lowest BCUT2D eigenvalue weighted by atomic mass is 10.2. The number of nitrogens with two attached hydrogens (primary N) is 1. The van der Waals surface area contributed by atoms with E-state index in [4.69, 9.17) is 5.73 Å². The molecule has 0 fully saturated rings. The summed E-state index contributed by atoms with van der Waals surface area (Å²) in [4.78, 5) is 4.00. The van der Waals surface area contributed by atoms with Crippen molar-refractivity contribution in [1.82, 2.24) is 14.8 Å². The molecule has 14 heavy (non-hydrogen) atoms. The number of rotatable bonds is 1. The molecule has 2 N–H and O–H groups in total. The van der Waals surface area contributed by atoms with E-state index in [1.165, 1.54) is 4.68 Å². The maximum atomic E-state index is 13.2. The second-order valence-electron chi connectivity index (χ2n) is 2.95. The van der Waals surface area contributed by atoms with Crippen LogP contribution in [0.4, 0.5) is 10.2 Å². The Bertz CT molecular complexity index is 464. The lowest BCUT2D eigenvalue weighted by Gasteiger charge is -1.97. The molecular weight excluding hydrogens is 183 g/mol. The van der Waals surface area contributed by atoms with Crippen LogP contribution in [0.1, 0.15) is 0 Å². The van der Waals surface area contributed by atoms with Crippen LogP contribution in [-0.2, 0) is 7.05 Å². The van der Waals surface area contributed by atoms with Crippen LogP contribution in [0.15, 0.2) is 24.4 Å². The SMILES string of the molecule is Cn1cc(-c2cccc(N)n2)c(F)n1. The first-order chi connectivity index (χ1) is 6.66. The summed E-state index contributed by atoms with van der Waals surface area (Å²) in [6, 6.07) is 5.07. The number of aryl methyl sites for hydroxylation is 1. The van der Waals surface area contributed by atoms with E-state index in [0.29, 0.717) is 17.1 Å². The molecule has 2 aromatic rings. The Hall–Kier alpha value is -1.91. The number of pyridine rings is 1. The molecule has 0 saturated heterocycles. The molecule has 2 heterocycles. The number of nitrogens with zero attached hydrogens (tertiary/aromatic N) is 3. The zero-order valence-corrected chi connectivity index (χ0v) is 7.61. The van der Waals surface area contributed by atoms with Crippen molar-refractivity contribution in [3.8, 4) is 11.3 Å². The Kier molecular flexibility index (Phi) is 1.92. The summed E-state index contributed by atoms with van der Waals surface area (Å²) < 4.78 is 14.6. The zero-order chi connectivity index (χ0) is 10.1. The van der Waals surface area contributed by atoms with Gasteiger partial charge in [-0.05, 0) is 12.1 Å². The van der Waals surface area contributed by atoms with E-state index in [1.54, 1.807) is 31.4 Å². The van der Waals surface area contributed by atoms with E-state index in [-0.39, 0.29) is 0 Å². The largest absolute Gasteiger partial charge is 0.384 e. The van der Waals surface area contributed by atoms with Crippen molar-refractivity contribution in [2.75, 3.05) is 5.73 Å². The first-order valence-corrected chi connectivity index (χ1v) is 4.09. The average Bonchev–Trinajstić information content (AvgIpc) is 2.45. The van der Waals surface area contributed by atoms with Crippen molar-refractivity contribution in [2.24, 2.45) is 7.05 Å². The first-order valence-electron chi connectivity index (χ1n) is 4.09. The van der Waals surface area contributed by atoms with Crippen LogP contribution in [0.3, 0.4) is 0 Å². The highest BCUT2D eigenvalue weighted by molar-refractivity contribution is 5.59. The second-order valence-corrected chi connectivity index (χ2v) is 2.95. The van der Waals surface area contributed by atoms with Gasteiger partial charge in [0.2, 0.25) is 5.95 Å². The molecular formula is C9H9FN4. The molecule has 0 saturated carbocycles. The predicted molar refractivity (Wildman–Crippen MR) is 50.8 cm³/mol. The van der Waals surface area contributed by atoms with Crippen LogP contribution in [0, 0.1) is 5.95 Å². The van der Waals surface area contributed by atoms with Crippen LogP contribution in [0.25, 0.3) is 11.3 Å². The molecule has 4 nitrogen and oxygen atoms in total. The van der Waals surface area contributed by atoms with Crippen molar-refractivity contribution < 1.29 is 4.39 Å². The highest BCUT2D eigenvalue weighted by Crippen LogP contribution is 2.19. The highest BCUT2D eigenvalue weighted by atomic mass is 19.1. The van der Waals surface area contributed by atoms with Gasteiger partial charge in [0.25, 0.3) is 0 Å². The number of nitrogen functional groups attached to an aromatic ring is 1. The molecule has 0 aliphatic heterocycles. The third-order valence-corrected chi connectivity index (χ3v) is 1.83. The fraction of sp³-hybridized carbons (Fsp3) is 0.111. The molecule has 0 unspecified atom stereocenters. The summed E-state index contributed by atoms with van der Waals surface area (Å²) >= 11 is 0. The molecule has 0 atom stereocenters. The molecule has 0 aliphatic carbocycles. The van der Waals surface area contributed by atoms with E-state index in [1.807, 2.05) is 0 Å². The molecule has 5 heteroatoms. The van der Waals surface area contributed by atoms with Crippen LogP contribution < -0.4 is 5.73 Å². The second kappa shape index (κ2) is 3.10. The van der Waals surface area contributed by atoms with Crippen LogP contribution in [0.5, 0.6) is 0 Å². The maximum absolute atomic E-state index is 13.2. The van der Waals surface area contributed by atoms with Crippen molar-refractivity contribution >= 4 is 5.82 Å². The molecule has 72 valence electrons. The van der Waals surface area contributed by atoms with Gasteiger partial charge in [-0.1, -0.05) is 6.07 Å². The molecule has 2 rings (SSSR count). The minimum absolute atomic E-state index is 0.361. The van der Waals surface area contributed by atoms with Gasteiger partial charge in [0.1, 0.15) is 5.82 Å². The molecule has 2 aromatic heterocycles. The van der Waals surface area contributed by atoms with E-state index in [9.17, 15) is 4.39 Å². The van der Waals surface area contributed by atoms with Gasteiger partial charge in [0.15, 0.2) is 0 Å². The predicted octanol–water partition coefficient (Wildman–Crippen LogP) is 1.20. The molecule has 0 bridgehead atoms. The standard InChI is InChI=1S/C9H9FN4/c1-14-5-6(9(10)13-14)7-3-2-4-8(11)12-7/h2-5H,1H3,(H2,11,12). The normalized spacial score (nSPS) is 10.4. The van der Waals surface area contributed by atoms with E-state index >= 15 is 0 Å². The quantitative estimate of drug-likeness (QED) is 0.738. The number of anilines is 1. The summed E-state index contributed by atoms with van der Waals surface area (Å²) in [6.07, 6.45) is 1.57. The number of halogens is 1. The average molecular weight is 192 g/mol. The zero-order valence-electron chi connectivity index (χ0n) is 7.61. The van der Waals surface area contributed by atoms with E-state index in [2.05, 4.69) is 10.1 Å². The number of aromatic nitrogens is 3. The van der Waals surface area contributed by atoms with Gasteiger partial charge in [-0.2, -0.15) is 4.39 Å². The summed E-state index contributed by atoms with van der Waals surface area (Å²) in [6.45, 7) is 0. The third-order valence-electron chi connectivity index (χ3n) is 1.83. The Morgan fingerprint density at radius 2 is 2.21 bits per heavy atom. The van der Waals surface area contributed by atoms with Gasteiger partial charge in [-0.25, -0.2) is 4.98 Å². The van der Waals surface area contributed by atoms with Gasteiger partial charge in [-0.3, -0.25) is 4.68 Å². The monoisotopic (exact) mass is 192 g/mol. The van der Waals surface area contributed by atoms with Gasteiger partial charge in [0, 0.05) is 13.2 Å². The Labute approximate surface area is 80.2 Å². The topological polar surface area (TPSA) is 56.7 Å². The number of hydrogen-bond acceptors (Lipinski definition) is 3. The number of hydrogen-bond donors (Lipinski definition) is 1. The Morgan fingerprint density at radius 1 is 1.43 bits per heavy atom. The van der Waals surface area contributed by atoms with Crippen LogP contribution >= 0.6 is 0 Å². The summed E-state index contributed by atoms with van der Waals surface area (Å²) in [5.41, 5.74) is 6.35. The van der Waals surface area contributed by atoms with Crippen molar-refractivity contribution in [3.05, 3.63) is 30.3 Å². The smallest absolute Gasteiger partial charge is 0.242 e. The minimum atomic E-state index is -0.536. The molecule has 0 aromatic carbocycles. The summed E-state index contributed by atoms with van der Waals surface area (Å²) in [7, 11) is 1.65. The lowest BCUT2D eigenvalue weighted by Crippen LogP contribution is -1.91. The summed E-state index contributed by atoms with van der Waals surface area (Å²) in [5.74, 6) is -0.170. The first kappa shape index (κ1) is 8.68. The molecule has 0 spiro atoms. The Balaban J connectivity index is 2.54. The van der Waals surface area contributed by atoms with E-state index in [0.717, 1.165) is 0 Å².